The van der Waals surface area contributed by atoms with Crippen LogP contribution < -0.4 is 4.46 Å². The normalized spacial score (nSPS) is 22.0. The van der Waals surface area contributed by atoms with Gasteiger partial charge in [0.25, 0.3) is 0 Å². The van der Waals surface area contributed by atoms with Gasteiger partial charge in [-0.25, -0.2) is 0 Å². The molecule has 0 spiro atoms. The average molecular weight is 445 g/mol. The number of benzene rings is 2. The number of aromatic amines is 1. The van der Waals surface area contributed by atoms with E-state index in [-0.39, 0.29) is 26.8 Å². The molecule has 1 saturated heterocycles. The number of hydrogen-bond acceptors (Lipinski definition) is 2. The number of nitrogens with one attached hydrogen (secondary N) is 1. The van der Waals surface area contributed by atoms with Gasteiger partial charge < -0.3 is 0 Å². The molecule has 0 bridgehead atoms. The van der Waals surface area contributed by atoms with Crippen LogP contribution in [0.15, 0.2) is 72.9 Å². The van der Waals surface area contributed by atoms with Gasteiger partial charge in [0.15, 0.2) is 0 Å². The van der Waals surface area contributed by atoms with Crippen LogP contribution in [0.1, 0.15) is 17.7 Å². The van der Waals surface area contributed by atoms with Crippen LogP contribution in [0.2, 0.25) is 10.3 Å². The minimum absolute atomic E-state index is 0.108. The summed E-state index contributed by atoms with van der Waals surface area (Å²) in [7, 11) is 0. The maximum atomic E-state index is 12.7. The fourth-order valence-electron chi connectivity index (χ4n) is 3.53. The number of carbonyl (C=O) groups is 1. The summed E-state index contributed by atoms with van der Waals surface area (Å²) in [6.07, 6.45) is 3.27. The van der Waals surface area contributed by atoms with Crippen molar-refractivity contribution in [1.29, 1.82) is 0 Å². The molecule has 2 heterocycles. The van der Waals surface area contributed by atoms with Crippen molar-refractivity contribution < 1.29 is 9.53 Å². The molecule has 0 aliphatic carbocycles. The van der Waals surface area contributed by atoms with Gasteiger partial charge in [0.05, 0.1) is 0 Å². The van der Waals surface area contributed by atoms with Crippen LogP contribution >= 0.6 is 11.6 Å². The molecule has 2 aromatic carbocycles. The summed E-state index contributed by atoms with van der Waals surface area (Å²) in [5.74, 6) is -0.241. The van der Waals surface area contributed by atoms with E-state index in [1.807, 2.05) is 48.7 Å². The summed E-state index contributed by atoms with van der Waals surface area (Å²) < 4.78 is 7.39. The number of cyclic esters (lactones) is 1. The molecular weight excluding hydrogens is 425 g/mol. The molecule has 27 heavy (non-hydrogen) atoms. The summed E-state index contributed by atoms with van der Waals surface area (Å²) in [5, 5.41) is 1.51. The molecule has 2 unspecified atom stereocenters. The molecule has 1 fully saturated rings. The monoisotopic (exact) mass is 445 g/mol. The Hall–Kier alpha value is -2.00. The second-order valence-electron chi connectivity index (χ2n) is 6.82. The van der Waals surface area contributed by atoms with E-state index in [4.69, 9.17) is 16.3 Å². The summed E-state index contributed by atoms with van der Waals surface area (Å²) in [4.78, 5) is 15.9. The van der Waals surface area contributed by atoms with Crippen molar-refractivity contribution in [3.8, 4) is 0 Å². The van der Waals surface area contributed by atoms with Crippen LogP contribution in [0.25, 0.3) is 0 Å². The van der Waals surface area contributed by atoms with Crippen LogP contribution in [0, 0.1) is 5.92 Å². The second-order valence-corrected chi connectivity index (χ2v) is 9.46. The first-order valence-electron chi connectivity index (χ1n) is 8.94. The molecule has 0 radical (unpaired) electrons. The fourth-order valence-corrected chi connectivity index (χ4v) is 5.95. The Morgan fingerprint density at radius 3 is 2.56 bits per heavy atom. The summed E-state index contributed by atoms with van der Waals surface area (Å²) in [6, 6.07) is 22.1. The van der Waals surface area contributed by atoms with Crippen LogP contribution in [0.5, 0.6) is 0 Å². The van der Waals surface area contributed by atoms with E-state index in [1.165, 1.54) is 4.46 Å². The first kappa shape index (κ1) is 18.4. The predicted octanol–water partition coefficient (Wildman–Crippen LogP) is 4.12. The zero-order valence-corrected chi connectivity index (χ0v) is 17.2. The molecule has 4 rings (SSSR count). The van der Waals surface area contributed by atoms with Crippen LogP contribution in [0.4, 0.5) is 0 Å². The molecule has 3 aromatic rings. The summed E-state index contributed by atoms with van der Waals surface area (Å²) >= 11 is 6.29. The molecule has 5 heteroatoms. The third kappa shape index (κ3) is 4.14. The van der Waals surface area contributed by atoms with E-state index in [2.05, 4.69) is 29.2 Å². The topological polar surface area (TPSA) is 42.1 Å². The maximum absolute atomic E-state index is 12.7. The van der Waals surface area contributed by atoms with Gasteiger partial charge in [-0.15, -0.1) is 0 Å². The molecule has 0 amide bonds. The molecule has 138 valence electrons. The number of H-pyrrole nitrogens is 1. The number of carbonyl (C=O) groups excluding carboxylic acids is 1. The molecule has 0 saturated carbocycles. The number of ether oxygens (including phenoxy) is 1. The Morgan fingerprint density at radius 1 is 1.07 bits per heavy atom. The van der Waals surface area contributed by atoms with Crippen molar-refractivity contribution in [3.05, 3.63) is 89.2 Å². The number of halogens is 1. The van der Waals surface area contributed by atoms with E-state index >= 15 is 0 Å². The summed E-state index contributed by atoms with van der Waals surface area (Å²) in [6.45, 7) is 0. The van der Waals surface area contributed by atoms with E-state index in [1.54, 1.807) is 0 Å². The first-order chi connectivity index (χ1) is 13.1. The van der Waals surface area contributed by atoms with E-state index in [0.29, 0.717) is 17.9 Å². The van der Waals surface area contributed by atoms with Crippen molar-refractivity contribution in [2.24, 2.45) is 5.92 Å². The molecule has 1 aliphatic heterocycles. The van der Waals surface area contributed by atoms with Crippen molar-refractivity contribution in [3.63, 3.8) is 0 Å². The predicted molar refractivity (Wildman–Crippen MR) is 108 cm³/mol. The fraction of sp³-hybridized carbons (Fsp3) is 0.227. The molecular formula is C22H20ClNO2Se. The van der Waals surface area contributed by atoms with E-state index in [0.717, 1.165) is 16.6 Å². The van der Waals surface area contributed by atoms with E-state index in [9.17, 15) is 4.79 Å². The third-order valence-corrected chi connectivity index (χ3v) is 7.72. The van der Waals surface area contributed by atoms with Crippen molar-refractivity contribution in [2.75, 3.05) is 0 Å². The van der Waals surface area contributed by atoms with Crippen LogP contribution in [-0.4, -0.2) is 25.9 Å². The van der Waals surface area contributed by atoms with Gasteiger partial charge in [0.2, 0.25) is 0 Å². The zero-order chi connectivity index (χ0) is 18.7. The van der Waals surface area contributed by atoms with Gasteiger partial charge in [0.1, 0.15) is 0 Å². The van der Waals surface area contributed by atoms with Crippen molar-refractivity contribution in [1.82, 2.24) is 4.98 Å². The number of aromatic nitrogens is 1. The van der Waals surface area contributed by atoms with Gasteiger partial charge in [-0.3, -0.25) is 0 Å². The van der Waals surface area contributed by atoms with Gasteiger partial charge in [0, 0.05) is 0 Å². The molecule has 2 atom stereocenters. The number of hydrogen-bond donors (Lipinski definition) is 1. The zero-order valence-electron chi connectivity index (χ0n) is 14.7. The quantitative estimate of drug-likeness (QED) is 0.459. The van der Waals surface area contributed by atoms with Crippen LogP contribution in [-0.2, 0) is 21.6 Å². The molecule has 1 N–H and O–H groups in total. The first-order valence-corrected chi connectivity index (χ1v) is 11.4. The van der Waals surface area contributed by atoms with Gasteiger partial charge in [-0.05, 0) is 0 Å². The SMILES string of the molecule is O=C1OC(C[Se]c2ccccc2)(c2ccc(Cl)cc2)CC1Cc1ccc[nH]1. The molecule has 1 aromatic heterocycles. The van der Waals surface area contributed by atoms with Gasteiger partial charge in [-0.1, -0.05) is 0 Å². The standard InChI is InChI=1S/C22H20ClNO2Se/c23-18-10-8-17(9-11-18)22(15-27-20-6-2-1-3-7-20)14-16(21(25)26-22)13-19-5-4-12-24-19/h1-12,16,24H,13-15H2. The van der Waals surface area contributed by atoms with Gasteiger partial charge >= 0.3 is 170 Å². The van der Waals surface area contributed by atoms with Crippen molar-refractivity contribution in [2.45, 2.75) is 23.8 Å². The third-order valence-electron chi connectivity index (χ3n) is 4.92. The summed E-state index contributed by atoms with van der Waals surface area (Å²) in [5.41, 5.74) is 1.53. The van der Waals surface area contributed by atoms with Crippen molar-refractivity contribution >= 4 is 37.0 Å². The Bertz CT molecular complexity index is 896. The Labute approximate surface area is 170 Å². The molecule has 3 nitrogen and oxygen atoms in total. The Balaban J connectivity index is 1.60. The van der Waals surface area contributed by atoms with Crippen LogP contribution in [0.3, 0.4) is 0 Å². The Morgan fingerprint density at radius 2 is 1.85 bits per heavy atom. The number of rotatable bonds is 6. The van der Waals surface area contributed by atoms with Gasteiger partial charge in [-0.2, -0.15) is 0 Å². The minimum atomic E-state index is -0.575. The number of esters is 1. The Kier molecular flexibility index (Phi) is 5.40. The van der Waals surface area contributed by atoms with E-state index < -0.39 is 5.60 Å². The average Bonchev–Trinajstić information content (AvgIpc) is 3.31. The second kappa shape index (κ2) is 7.93. The molecule has 1 aliphatic rings.